The molecule has 0 unspecified atom stereocenters. The van der Waals surface area contributed by atoms with Crippen molar-refractivity contribution in [1.82, 2.24) is 19.4 Å². The first-order valence-electron chi connectivity index (χ1n) is 14.5. The highest BCUT2D eigenvalue weighted by atomic mass is 19.1. The van der Waals surface area contributed by atoms with Gasteiger partial charge in [0, 0.05) is 36.7 Å². The number of carboxylic acids is 1. The smallest absolute Gasteiger partial charge is 0.335 e. The van der Waals surface area contributed by atoms with E-state index in [4.69, 9.17) is 14.7 Å². The van der Waals surface area contributed by atoms with Gasteiger partial charge in [0.05, 0.1) is 53.2 Å². The first-order chi connectivity index (χ1) is 22.2. The number of aromatic nitrogens is 3. The molecule has 1 fully saturated rings. The van der Waals surface area contributed by atoms with Gasteiger partial charge in [-0.2, -0.15) is 5.26 Å². The Labute approximate surface area is 262 Å². The molecule has 0 spiro atoms. The molecule has 12 heteroatoms. The number of morpholine rings is 1. The number of halogens is 3. The fourth-order valence-corrected chi connectivity index (χ4v) is 5.45. The van der Waals surface area contributed by atoms with Crippen LogP contribution < -0.4 is 4.74 Å². The molecule has 0 aliphatic carbocycles. The maximum Gasteiger partial charge on any atom is 0.335 e. The second-order valence-electron chi connectivity index (χ2n) is 11.1. The van der Waals surface area contributed by atoms with E-state index in [-0.39, 0.29) is 58.5 Å². The molecule has 0 bridgehead atoms. The minimum atomic E-state index is -1.09. The molecule has 3 aromatic carbocycles. The molecule has 6 rings (SSSR count). The number of ether oxygens (including phenoxy) is 2. The molecule has 9 nitrogen and oxygen atoms in total. The molecule has 1 aliphatic heterocycles. The van der Waals surface area contributed by atoms with Gasteiger partial charge in [0.1, 0.15) is 29.9 Å². The van der Waals surface area contributed by atoms with Gasteiger partial charge >= 0.3 is 5.97 Å². The largest absolute Gasteiger partial charge is 0.478 e. The Morgan fingerprint density at radius 2 is 1.87 bits per heavy atom. The molecule has 1 atom stereocenters. The van der Waals surface area contributed by atoms with Gasteiger partial charge in [-0.3, -0.25) is 0 Å². The second-order valence-corrected chi connectivity index (χ2v) is 11.1. The summed E-state index contributed by atoms with van der Waals surface area (Å²) in [6, 6.07) is 17.2. The number of nitriles is 1. The van der Waals surface area contributed by atoms with E-state index in [2.05, 4.69) is 14.9 Å². The normalized spacial score (nSPS) is 15.2. The van der Waals surface area contributed by atoms with E-state index in [9.17, 15) is 14.3 Å². The average Bonchev–Trinajstić information content (AvgIpc) is 3.37. The number of imidazole rings is 1. The monoisotopic (exact) mass is 627 g/mol. The Kier molecular flexibility index (Phi) is 8.70. The van der Waals surface area contributed by atoms with Crippen molar-refractivity contribution in [3.05, 3.63) is 112 Å². The summed E-state index contributed by atoms with van der Waals surface area (Å²) in [6.07, 6.45) is -0.267. The number of aromatic carboxylic acids is 1. The zero-order chi connectivity index (χ0) is 32.4. The lowest BCUT2D eigenvalue weighted by Crippen LogP contribution is -2.42. The van der Waals surface area contributed by atoms with Crippen LogP contribution in [0.25, 0.3) is 22.3 Å². The summed E-state index contributed by atoms with van der Waals surface area (Å²) in [4.78, 5) is 22.8. The molecule has 0 saturated carbocycles. The van der Waals surface area contributed by atoms with E-state index < -0.39 is 23.4 Å². The molecule has 46 heavy (non-hydrogen) atoms. The summed E-state index contributed by atoms with van der Waals surface area (Å²) in [5.41, 5.74) is 1.65. The third-order valence-corrected chi connectivity index (χ3v) is 7.84. The minimum Gasteiger partial charge on any atom is -0.478 e. The van der Waals surface area contributed by atoms with Crippen molar-refractivity contribution >= 4 is 17.0 Å². The van der Waals surface area contributed by atoms with E-state index in [1.807, 2.05) is 17.7 Å². The highest BCUT2D eigenvalue weighted by Gasteiger charge is 2.23. The van der Waals surface area contributed by atoms with Gasteiger partial charge in [0.25, 0.3) is 0 Å². The number of likely N-dealkylation sites (N-methyl/N-ethyl adjacent to an activating group) is 1. The number of hydrogen-bond acceptors (Lipinski definition) is 7. The number of fused-ring (bicyclic) bond motifs is 1. The van der Waals surface area contributed by atoms with Gasteiger partial charge in [0.2, 0.25) is 5.88 Å². The third kappa shape index (κ3) is 6.56. The summed E-state index contributed by atoms with van der Waals surface area (Å²) in [5.74, 6) is -2.57. The van der Waals surface area contributed by atoms with Gasteiger partial charge < -0.3 is 24.0 Å². The van der Waals surface area contributed by atoms with E-state index in [0.717, 1.165) is 24.7 Å². The molecule has 3 heterocycles. The Hall–Kier alpha value is -5.25. The number of nitrogens with zero attached hydrogens (tertiary/aromatic N) is 5. The van der Waals surface area contributed by atoms with Crippen LogP contribution in [0.2, 0.25) is 0 Å². The van der Waals surface area contributed by atoms with Crippen LogP contribution in [0.15, 0.2) is 66.7 Å². The summed E-state index contributed by atoms with van der Waals surface area (Å²) >= 11 is 0. The van der Waals surface area contributed by atoms with Gasteiger partial charge in [-0.15, -0.1) is 0 Å². The van der Waals surface area contributed by atoms with Gasteiger partial charge in [-0.1, -0.05) is 12.1 Å². The topological polar surface area (TPSA) is 114 Å². The fourth-order valence-electron chi connectivity index (χ4n) is 5.45. The zero-order valence-electron chi connectivity index (χ0n) is 24.7. The Morgan fingerprint density at radius 3 is 2.63 bits per heavy atom. The maximum absolute atomic E-state index is 15.6. The molecule has 2 aromatic heterocycles. The molecule has 1 aliphatic rings. The van der Waals surface area contributed by atoms with E-state index >= 15 is 8.78 Å². The number of carboxylic acid groups (broad SMARTS) is 1. The van der Waals surface area contributed by atoms with Crippen LogP contribution in [0, 0.1) is 28.8 Å². The standard InChI is InChI=1S/C34H28F3N5O4/c1-41-9-10-45-24(17-41)18-42-31-13-21(34(43)44)7-8-30(31)39-32(42)14-23-12-28(37)25(15-27(23)36)29-3-2-4-33(40-29)46-19-22-6-5-20(16-38)11-26(22)35/h2-8,11-13,15,24H,9-10,14,17-19H2,1H3,(H,43,44)/t24-/m0/s1. The van der Waals surface area contributed by atoms with Crippen molar-refractivity contribution in [1.29, 1.82) is 5.26 Å². The maximum atomic E-state index is 15.6. The summed E-state index contributed by atoms with van der Waals surface area (Å²) in [5, 5.41) is 18.5. The van der Waals surface area contributed by atoms with Crippen molar-refractivity contribution in [2.75, 3.05) is 26.7 Å². The summed E-state index contributed by atoms with van der Waals surface area (Å²) in [6.45, 7) is 2.14. The van der Waals surface area contributed by atoms with Crippen molar-refractivity contribution in [3.8, 4) is 23.2 Å². The van der Waals surface area contributed by atoms with Crippen LogP contribution in [0.5, 0.6) is 5.88 Å². The highest BCUT2D eigenvalue weighted by Crippen LogP contribution is 2.29. The third-order valence-electron chi connectivity index (χ3n) is 7.84. The lowest BCUT2D eigenvalue weighted by atomic mass is 10.0. The fraction of sp³-hybridized carbons (Fsp3) is 0.235. The van der Waals surface area contributed by atoms with E-state index in [1.165, 1.54) is 36.4 Å². The van der Waals surface area contributed by atoms with E-state index in [1.54, 1.807) is 12.1 Å². The van der Waals surface area contributed by atoms with Crippen LogP contribution in [0.1, 0.15) is 32.9 Å². The molecule has 1 saturated heterocycles. The van der Waals surface area contributed by atoms with Crippen LogP contribution in [-0.4, -0.2) is 63.4 Å². The van der Waals surface area contributed by atoms with E-state index in [0.29, 0.717) is 36.6 Å². The number of pyridine rings is 1. The van der Waals surface area contributed by atoms with Gasteiger partial charge in [0.15, 0.2) is 0 Å². The second kappa shape index (κ2) is 13.0. The molecular formula is C34H28F3N5O4. The van der Waals surface area contributed by atoms with Gasteiger partial charge in [-0.05, 0) is 61.1 Å². The quantitative estimate of drug-likeness (QED) is 0.225. The van der Waals surface area contributed by atoms with Crippen LogP contribution in [0.4, 0.5) is 13.2 Å². The van der Waals surface area contributed by atoms with Crippen molar-refractivity contribution < 1.29 is 32.5 Å². The molecule has 0 radical (unpaired) electrons. The summed E-state index contributed by atoms with van der Waals surface area (Å²) in [7, 11) is 1.98. The molecule has 5 aromatic rings. The van der Waals surface area contributed by atoms with Crippen molar-refractivity contribution in [2.45, 2.75) is 25.7 Å². The summed E-state index contributed by atoms with van der Waals surface area (Å²) < 4.78 is 58.8. The van der Waals surface area contributed by atoms with Crippen molar-refractivity contribution in [2.24, 2.45) is 0 Å². The van der Waals surface area contributed by atoms with Crippen LogP contribution in [-0.2, 0) is 24.3 Å². The Morgan fingerprint density at radius 1 is 1.04 bits per heavy atom. The molecule has 1 N–H and O–H groups in total. The minimum absolute atomic E-state index is 0.0571. The zero-order valence-corrected chi connectivity index (χ0v) is 24.7. The molecule has 0 amide bonds. The van der Waals surface area contributed by atoms with Crippen LogP contribution in [0.3, 0.4) is 0 Å². The number of hydrogen-bond donors (Lipinski definition) is 1. The number of benzene rings is 3. The van der Waals surface area contributed by atoms with Crippen LogP contribution >= 0.6 is 0 Å². The average molecular weight is 628 g/mol. The lowest BCUT2D eigenvalue weighted by Gasteiger charge is -2.30. The highest BCUT2D eigenvalue weighted by molar-refractivity contribution is 5.92. The van der Waals surface area contributed by atoms with Crippen molar-refractivity contribution in [3.63, 3.8) is 0 Å². The first-order valence-corrected chi connectivity index (χ1v) is 14.5. The molecular weight excluding hydrogens is 599 g/mol. The first kappa shape index (κ1) is 30.8. The predicted molar refractivity (Wildman–Crippen MR) is 162 cm³/mol. The number of rotatable bonds is 9. The predicted octanol–water partition coefficient (Wildman–Crippen LogP) is 5.59. The van der Waals surface area contributed by atoms with Gasteiger partial charge in [-0.25, -0.2) is 27.9 Å². The Balaban J connectivity index is 1.27. The Bertz CT molecular complexity index is 1990. The number of carbonyl (C=O) groups is 1. The lowest BCUT2D eigenvalue weighted by molar-refractivity contribution is -0.0272. The molecule has 234 valence electrons. The SMILES string of the molecule is CN1CCO[C@H](Cn2c(Cc3cc(F)c(-c4cccc(OCc5ccc(C#N)cc5F)n4)cc3F)nc3ccc(C(=O)O)cc32)C1.